The number of carboxylic acid groups (broad SMARTS) is 1. The Balaban J connectivity index is 2.43. The van der Waals surface area contributed by atoms with E-state index in [0.29, 0.717) is 5.56 Å². The summed E-state index contributed by atoms with van der Waals surface area (Å²) in [6, 6.07) is 5.05. The van der Waals surface area contributed by atoms with E-state index in [1.807, 2.05) is 0 Å². The van der Waals surface area contributed by atoms with Gasteiger partial charge < -0.3 is 20.3 Å². The molecule has 1 rings (SSSR count). The molecule has 0 aliphatic carbocycles. The maximum Gasteiger partial charge on any atom is 0.573 e. The summed E-state index contributed by atoms with van der Waals surface area (Å²) in [4.78, 5) is 22.2. The van der Waals surface area contributed by atoms with Crippen LogP contribution in [0.5, 0.6) is 5.75 Å². The van der Waals surface area contributed by atoms with Crippen molar-refractivity contribution in [1.82, 2.24) is 5.32 Å². The average molecular weight is 335 g/mol. The van der Waals surface area contributed by atoms with Gasteiger partial charge >= 0.3 is 12.3 Å². The zero-order valence-electron chi connectivity index (χ0n) is 12.2. The van der Waals surface area contributed by atoms with Gasteiger partial charge in [-0.1, -0.05) is 12.1 Å². The Kier molecular flexibility index (Phi) is 5.97. The van der Waals surface area contributed by atoms with E-state index in [0.717, 1.165) is 19.1 Å². The monoisotopic (exact) mass is 335 g/mol. The highest BCUT2D eigenvalue weighted by Crippen LogP contribution is 2.22. The van der Waals surface area contributed by atoms with Crippen LogP contribution >= 0.6 is 0 Å². The molecule has 1 unspecified atom stereocenters. The first-order chi connectivity index (χ1) is 10.5. The summed E-state index contributed by atoms with van der Waals surface area (Å²) in [7, 11) is 0. The predicted octanol–water partition coefficient (Wildman–Crippen LogP) is 1.47. The number of carbonyl (C=O) groups is 2. The van der Waals surface area contributed by atoms with Gasteiger partial charge in [0.2, 0.25) is 5.91 Å². The molecule has 1 aromatic carbocycles. The molecule has 0 saturated heterocycles. The Labute approximate surface area is 129 Å². The van der Waals surface area contributed by atoms with Crippen molar-refractivity contribution in [2.75, 3.05) is 6.54 Å². The minimum absolute atomic E-state index is 0.00479. The van der Waals surface area contributed by atoms with Crippen molar-refractivity contribution in [3.8, 4) is 5.75 Å². The molecular weight excluding hydrogens is 319 g/mol. The highest BCUT2D eigenvalue weighted by molar-refractivity contribution is 5.80. The van der Waals surface area contributed by atoms with Crippen LogP contribution in [0, 0.1) is 0 Å². The third-order valence-electron chi connectivity index (χ3n) is 2.89. The Hall–Kier alpha value is -2.29. The number of aryl methyl sites for hydroxylation is 1. The van der Waals surface area contributed by atoms with Gasteiger partial charge in [-0.2, -0.15) is 0 Å². The Bertz CT molecular complexity index is 555. The number of hydrogen-bond donors (Lipinski definition) is 3. The standard InChI is InChI=1S/C14H16F3NO5/c1-13(22,12(20)21)8-18-11(19)7-4-9-2-5-10(6-3-9)23-14(15,16)17/h2-3,5-6,22H,4,7-8H2,1H3,(H,18,19)(H,20,21). The van der Waals surface area contributed by atoms with Crippen LogP contribution < -0.4 is 10.1 Å². The van der Waals surface area contributed by atoms with Crippen molar-refractivity contribution < 1.29 is 37.7 Å². The van der Waals surface area contributed by atoms with Crippen molar-refractivity contribution in [3.63, 3.8) is 0 Å². The van der Waals surface area contributed by atoms with Gasteiger partial charge in [0, 0.05) is 6.42 Å². The van der Waals surface area contributed by atoms with Gasteiger partial charge in [0.25, 0.3) is 0 Å². The van der Waals surface area contributed by atoms with Crippen LogP contribution in [0.2, 0.25) is 0 Å². The molecule has 1 amide bonds. The molecule has 9 heteroatoms. The predicted molar refractivity (Wildman–Crippen MR) is 72.7 cm³/mol. The SMILES string of the molecule is CC(O)(CNC(=O)CCc1ccc(OC(F)(F)F)cc1)C(=O)O. The van der Waals surface area contributed by atoms with Crippen LogP contribution in [-0.4, -0.2) is 40.6 Å². The van der Waals surface area contributed by atoms with Crippen LogP contribution in [0.1, 0.15) is 18.9 Å². The Morgan fingerprint density at radius 2 is 1.78 bits per heavy atom. The summed E-state index contributed by atoms with van der Waals surface area (Å²) in [5, 5.41) is 20.4. The second kappa shape index (κ2) is 7.32. The lowest BCUT2D eigenvalue weighted by Gasteiger charge is -2.18. The second-order valence-electron chi connectivity index (χ2n) is 5.05. The number of halogens is 3. The van der Waals surface area contributed by atoms with Gasteiger partial charge in [0.05, 0.1) is 6.54 Å². The number of amides is 1. The van der Waals surface area contributed by atoms with E-state index in [4.69, 9.17) is 5.11 Å². The lowest BCUT2D eigenvalue weighted by molar-refractivity contribution is -0.274. The molecule has 0 aliphatic rings. The van der Waals surface area contributed by atoms with Crippen LogP contribution in [0.3, 0.4) is 0 Å². The third-order valence-corrected chi connectivity index (χ3v) is 2.89. The number of benzene rings is 1. The normalized spacial score (nSPS) is 14.0. The number of carbonyl (C=O) groups excluding carboxylic acids is 1. The van der Waals surface area contributed by atoms with E-state index < -0.39 is 30.4 Å². The van der Waals surface area contributed by atoms with Crippen LogP contribution in [0.25, 0.3) is 0 Å². The molecule has 128 valence electrons. The minimum Gasteiger partial charge on any atom is -0.479 e. The third kappa shape index (κ3) is 7.00. The van der Waals surface area contributed by atoms with E-state index in [9.17, 15) is 27.9 Å². The smallest absolute Gasteiger partial charge is 0.479 e. The molecule has 3 N–H and O–H groups in total. The largest absolute Gasteiger partial charge is 0.573 e. The molecule has 0 saturated carbocycles. The van der Waals surface area contributed by atoms with Crippen LogP contribution in [0.15, 0.2) is 24.3 Å². The Morgan fingerprint density at radius 1 is 1.22 bits per heavy atom. The maximum absolute atomic E-state index is 12.0. The Morgan fingerprint density at radius 3 is 2.26 bits per heavy atom. The fraction of sp³-hybridized carbons (Fsp3) is 0.429. The lowest BCUT2D eigenvalue weighted by atomic mass is 10.1. The van der Waals surface area contributed by atoms with Gasteiger partial charge in [0.15, 0.2) is 5.60 Å². The van der Waals surface area contributed by atoms with Gasteiger partial charge in [0.1, 0.15) is 5.75 Å². The first-order valence-corrected chi connectivity index (χ1v) is 6.57. The molecule has 0 radical (unpaired) electrons. The lowest BCUT2D eigenvalue weighted by Crippen LogP contribution is -2.46. The fourth-order valence-corrected chi connectivity index (χ4v) is 1.55. The highest BCUT2D eigenvalue weighted by Gasteiger charge is 2.31. The summed E-state index contributed by atoms with van der Waals surface area (Å²) in [6.45, 7) is 0.606. The van der Waals surface area contributed by atoms with Crippen molar-refractivity contribution in [2.24, 2.45) is 0 Å². The highest BCUT2D eigenvalue weighted by atomic mass is 19.4. The number of alkyl halides is 3. The molecule has 0 aromatic heterocycles. The first-order valence-electron chi connectivity index (χ1n) is 6.57. The van der Waals surface area contributed by atoms with E-state index in [1.54, 1.807) is 0 Å². The number of aliphatic hydroxyl groups is 1. The molecule has 1 aromatic rings. The second-order valence-corrected chi connectivity index (χ2v) is 5.05. The number of aliphatic carboxylic acids is 1. The van der Waals surface area contributed by atoms with Crippen LogP contribution in [0.4, 0.5) is 13.2 Å². The quantitative estimate of drug-likeness (QED) is 0.701. The molecule has 0 heterocycles. The fourth-order valence-electron chi connectivity index (χ4n) is 1.55. The molecule has 1 atom stereocenters. The number of hydrogen-bond acceptors (Lipinski definition) is 4. The summed E-state index contributed by atoms with van der Waals surface area (Å²) >= 11 is 0. The average Bonchev–Trinajstić information content (AvgIpc) is 2.42. The molecule has 0 aliphatic heterocycles. The summed E-state index contributed by atoms with van der Waals surface area (Å²) < 4.78 is 39.7. The molecular formula is C14H16F3NO5. The molecule has 23 heavy (non-hydrogen) atoms. The van der Waals surface area contributed by atoms with E-state index in [2.05, 4.69) is 10.1 Å². The van der Waals surface area contributed by atoms with E-state index >= 15 is 0 Å². The number of ether oxygens (including phenoxy) is 1. The van der Waals surface area contributed by atoms with Crippen molar-refractivity contribution >= 4 is 11.9 Å². The number of rotatable bonds is 7. The molecule has 0 bridgehead atoms. The summed E-state index contributed by atoms with van der Waals surface area (Å²) in [5.74, 6) is -2.30. The number of carboxylic acids is 1. The number of nitrogens with one attached hydrogen (secondary N) is 1. The van der Waals surface area contributed by atoms with Crippen LogP contribution in [-0.2, 0) is 16.0 Å². The molecule has 0 spiro atoms. The van der Waals surface area contributed by atoms with Crippen molar-refractivity contribution in [2.45, 2.75) is 31.7 Å². The molecule has 6 nitrogen and oxygen atoms in total. The van der Waals surface area contributed by atoms with Gasteiger partial charge in [-0.15, -0.1) is 13.2 Å². The van der Waals surface area contributed by atoms with E-state index in [1.165, 1.54) is 12.1 Å². The summed E-state index contributed by atoms with van der Waals surface area (Å²) in [6.07, 6.45) is -4.52. The summed E-state index contributed by atoms with van der Waals surface area (Å²) in [5.41, 5.74) is -1.45. The topological polar surface area (TPSA) is 95.9 Å². The van der Waals surface area contributed by atoms with Crippen molar-refractivity contribution in [1.29, 1.82) is 0 Å². The zero-order chi connectivity index (χ0) is 17.7. The van der Waals surface area contributed by atoms with Gasteiger partial charge in [-0.05, 0) is 31.0 Å². The van der Waals surface area contributed by atoms with Gasteiger partial charge in [-0.25, -0.2) is 4.79 Å². The maximum atomic E-state index is 12.0. The van der Waals surface area contributed by atoms with E-state index in [-0.39, 0.29) is 18.6 Å². The minimum atomic E-state index is -4.76. The molecule has 0 fully saturated rings. The van der Waals surface area contributed by atoms with Crippen molar-refractivity contribution in [3.05, 3.63) is 29.8 Å². The van der Waals surface area contributed by atoms with Gasteiger partial charge in [-0.3, -0.25) is 4.79 Å². The first kappa shape index (κ1) is 18.8. The zero-order valence-corrected chi connectivity index (χ0v) is 12.2.